The van der Waals surface area contributed by atoms with Crippen molar-refractivity contribution in [3.8, 4) is 0 Å². The molecule has 4 atom stereocenters. The summed E-state index contributed by atoms with van der Waals surface area (Å²) in [5.41, 5.74) is 2.03. The van der Waals surface area contributed by atoms with E-state index in [0.29, 0.717) is 0 Å². The van der Waals surface area contributed by atoms with Crippen LogP contribution in [0, 0.1) is 0 Å². The number of hydrogen-bond donors (Lipinski definition) is 4. The van der Waals surface area contributed by atoms with Gasteiger partial charge in [-0.05, 0) is 13.0 Å². The topological polar surface area (TPSA) is 157 Å². The molecule has 1 saturated heterocycles. The van der Waals surface area contributed by atoms with Crippen molar-refractivity contribution >= 4 is 13.6 Å². The van der Waals surface area contributed by atoms with Crippen LogP contribution in [0.1, 0.15) is 13.2 Å². The van der Waals surface area contributed by atoms with Crippen molar-refractivity contribution in [2.75, 3.05) is 12.3 Å². The van der Waals surface area contributed by atoms with Crippen molar-refractivity contribution in [2.45, 2.75) is 31.0 Å². The summed E-state index contributed by atoms with van der Waals surface area (Å²) in [6.07, 6.45) is -3.55. The number of ether oxygens (including phenoxy) is 1. The maximum absolute atomic E-state index is 14.7. The number of anilines is 1. The summed E-state index contributed by atoms with van der Waals surface area (Å²) in [5.74, 6) is -0.0678. The van der Waals surface area contributed by atoms with Crippen LogP contribution < -0.4 is 11.4 Å². The Kier molecular flexibility index (Phi) is 4.39. The number of hydrogen-bond acceptors (Lipinski definition) is 7. The van der Waals surface area contributed by atoms with Gasteiger partial charge in [0.2, 0.25) is 0 Å². The molecule has 2 rings (SSSR count). The van der Waals surface area contributed by atoms with E-state index < -0.39 is 44.2 Å². The Hall–Kier alpha value is -1.36. The zero-order chi connectivity index (χ0) is 16.7. The number of aliphatic hydroxyl groups excluding tert-OH is 1. The van der Waals surface area contributed by atoms with Crippen molar-refractivity contribution in [1.82, 2.24) is 9.55 Å². The third-order valence-electron chi connectivity index (χ3n) is 3.23. The lowest BCUT2D eigenvalue weighted by molar-refractivity contribution is -0.0604. The highest BCUT2D eigenvalue weighted by Gasteiger charge is 2.55. The van der Waals surface area contributed by atoms with Crippen molar-refractivity contribution in [2.24, 2.45) is 0 Å². The Balaban J connectivity index is 2.26. The van der Waals surface area contributed by atoms with Crippen LogP contribution in [0.5, 0.6) is 0 Å². The molecule has 0 aliphatic carbocycles. The van der Waals surface area contributed by atoms with Crippen molar-refractivity contribution in [1.29, 1.82) is 0 Å². The van der Waals surface area contributed by atoms with Gasteiger partial charge in [-0.15, -0.1) is 0 Å². The maximum atomic E-state index is 14.7. The Labute approximate surface area is 123 Å². The number of rotatable bonds is 4. The first-order chi connectivity index (χ1) is 10.0. The van der Waals surface area contributed by atoms with E-state index in [0.717, 1.165) is 17.7 Å². The number of nitrogens with two attached hydrogens (primary N) is 1. The average molecular weight is 339 g/mol. The minimum atomic E-state index is -4.81. The molecule has 1 aromatic heterocycles. The molecule has 0 bridgehead atoms. The first-order valence-corrected chi connectivity index (χ1v) is 7.62. The Morgan fingerprint density at radius 2 is 2.27 bits per heavy atom. The van der Waals surface area contributed by atoms with E-state index in [9.17, 15) is 18.9 Å². The summed E-state index contributed by atoms with van der Waals surface area (Å²) in [6.45, 7) is 0.237. The highest BCUT2D eigenvalue weighted by atomic mass is 31.2. The van der Waals surface area contributed by atoms with Gasteiger partial charge in [0.15, 0.2) is 11.9 Å². The first-order valence-electron chi connectivity index (χ1n) is 6.09. The molecular formula is C10H15FN3O7P. The second-order valence-corrected chi connectivity index (χ2v) is 6.19. The maximum Gasteiger partial charge on any atom is 0.469 e. The molecule has 1 aliphatic rings. The molecule has 0 saturated carbocycles. The van der Waals surface area contributed by atoms with Gasteiger partial charge in [0, 0.05) is 6.20 Å². The summed E-state index contributed by atoms with van der Waals surface area (Å²) < 4.78 is 35.5. The van der Waals surface area contributed by atoms with Crippen LogP contribution in [0.4, 0.5) is 10.2 Å². The zero-order valence-electron chi connectivity index (χ0n) is 11.4. The fourth-order valence-electron chi connectivity index (χ4n) is 2.13. The second kappa shape index (κ2) is 5.69. The van der Waals surface area contributed by atoms with Gasteiger partial charge < -0.3 is 25.4 Å². The summed E-state index contributed by atoms with van der Waals surface area (Å²) in [4.78, 5) is 32.4. The van der Waals surface area contributed by atoms with Gasteiger partial charge in [0.1, 0.15) is 18.0 Å². The van der Waals surface area contributed by atoms with E-state index in [1.807, 2.05) is 0 Å². The minimum absolute atomic E-state index is 0.0678. The van der Waals surface area contributed by atoms with Crippen LogP contribution in [0.25, 0.3) is 0 Å². The molecular weight excluding hydrogens is 324 g/mol. The fraction of sp³-hybridized carbons (Fsp3) is 0.600. The fourth-order valence-corrected chi connectivity index (χ4v) is 2.47. The van der Waals surface area contributed by atoms with E-state index in [1.165, 1.54) is 6.07 Å². The molecule has 2 unspecified atom stereocenters. The van der Waals surface area contributed by atoms with Crippen LogP contribution in [-0.2, 0) is 13.8 Å². The molecule has 5 N–H and O–H groups in total. The highest BCUT2D eigenvalue weighted by molar-refractivity contribution is 7.46. The lowest BCUT2D eigenvalue weighted by Gasteiger charge is -2.24. The lowest BCUT2D eigenvalue weighted by Crippen LogP contribution is -2.43. The smallest absolute Gasteiger partial charge is 0.387 e. The summed E-state index contributed by atoms with van der Waals surface area (Å²) in [6, 6.07) is 1.24. The molecule has 1 aromatic rings. The molecule has 22 heavy (non-hydrogen) atoms. The van der Waals surface area contributed by atoms with E-state index in [-0.39, 0.29) is 5.82 Å². The van der Waals surface area contributed by atoms with E-state index in [1.54, 1.807) is 0 Å². The lowest BCUT2D eigenvalue weighted by atomic mass is 9.98. The first kappa shape index (κ1) is 17.0. The largest absolute Gasteiger partial charge is 0.469 e. The Morgan fingerprint density at radius 3 is 2.82 bits per heavy atom. The van der Waals surface area contributed by atoms with E-state index >= 15 is 0 Å². The van der Waals surface area contributed by atoms with E-state index in [2.05, 4.69) is 9.51 Å². The van der Waals surface area contributed by atoms with Gasteiger partial charge >= 0.3 is 13.5 Å². The highest BCUT2D eigenvalue weighted by Crippen LogP contribution is 2.43. The number of halogens is 1. The van der Waals surface area contributed by atoms with Crippen LogP contribution in [0.2, 0.25) is 0 Å². The normalized spacial score (nSPS) is 32.3. The number of alkyl halides is 1. The third kappa shape index (κ3) is 3.35. The summed E-state index contributed by atoms with van der Waals surface area (Å²) in [5, 5.41) is 9.90. The van der Waals surface area contributed by atoms with E-state index in [4.69, 9.17) is 20.3 Å². The van der Waals surface area contributed by atoms with Gasteiger partial charge in [-0.3, -0.25) is 9.09 Å². The van der Waals surface area contributed by atoms with Gasteiger partial charge in [-0.2, -0.15) is 4.98 Å². The third-order valence-corrected chi connectivity index (χ3v) is 3.71. The van der Waals surface area contributed by atoms with Gasteiger partial charge in [-0.25, -0.2) is 13.8 Å². The number of aliphatic hydroxyl groups is 1. The number of nitrogen functional groups attached to an aromatic ring is 1. The van der Waals surface area contributed by atoms with Gasteiger partial charge in [0.25, 0.3) is 0 Å². The number of phosphoric acid groups is 1. The predicted molar refractivity (Wildman–Crippen MR) is 70.3 cm³/mol. The molecule has 10 nitrogen and oxygen atoms in total. The van der Waals surface area contributed by atoms with Crippen molar-refractivity contribution in [3.05, 3.63) is 22.7 Å². The SMILES string of the molecule is C[C@]1(F)C(n2ccc(N)nc2=O)OC(COP(=O)(O)O)[C@H]1O. The molecule has 0 radical (unpaired) electrons. The molecule has 0 spiro atoms. The molecule has 12 heteroatoms. The molecule has 0 aromatic carbocycles. The van der Waals surface area contributed by atoms with Crippen LogP contribution in [0.3, 0.4) is 0 Å². The minimum Gasteiger partial charge on any atom is -0.387 e. The molecule has 0 amide bonds. The zero-order valence-corrected chi connectivity index (χ0v) is 12.3. The number of nitrogens with zero attached hydrogens (tertiary/aromatic N) is 2. The number of aromatic nitrogens is 2. The van der Waals surface area contributed by atoms with Crippen molar-refractivity contribution < 1.29 is 33.1 Å². The standard InChI is InChI=1S/C10H15FN3O7P/c1-10(11)7(15)5(4-20-22(17,18)19)21-8(10)14-3-2-6(12)13-9(14)16/h2-3,5,7-8,15H,4H2,1H3,(H2,12,13,16)(H2,17,18,19)/t5?,7-,8?,10-/m1/s1. The average Bonchev–Trinajstić information content (AvgIpc) is 2.59. The van der Waals surface area contributed by atoms with Gasteiger partial charge in [0.05, 0.1) is 6.61 Å². The number of phosphoric ester groups is 1. The van der Waals surface area contributed by atoms with Gasteiger partial charge in [-0.1, -0.05) is 0 Å². The van der Waals surface area contributed by atoms with Crippen molar-refractivity contribution in [3.63, 3.8) is 0 Å². The Bertz CT molecular complexity index is 660. The molecule has 2 heterocycles. The predicted octanol–water partition coefficient (Wildman–Crippen LogP) is -1.08. The Morgan fingerprint density at radius 1 is 1.64 bits per heavy atom. The van der Waals surface area contributed by atoms with Crippen LogP contribution >= 0.6 is 7.82 Å². The molecule has 124 valence electrons. The summed E-state index contributed by atoms with van der Waals surface area (Å²) in [7, 11) is -4.81. The summed E-state index contributed by atoms with van der Waals surface area (Å²) >= 11 is 0. The molecule has 1 aliphatic heterocycles. The molecule has 1 fully saturated rings. The van der Waals surface area contributed by atoms with Crippen LogP contribution in [0.15, 0.2) is 17.1 Å². The monoisotopic (exact) mass is 339 g/mol. The van der Waals surface area contributed by atoms with Crippen LogP contribution in [-0.4, -0.2) is 48.9 Å². The quantitative estimate of drug-likeness (QED) is 0.501. The second-order valence-electron chi connectivity index (χ2n) is 4.95.